The number of carbonyl (C=O) groups excluding carboxylic acids is 1. The maximum Gasteiger partial charge on any atom is 0.261 e. The van der Waals surface area contributed by atoms with Crippen LogP contribution in [0.2, 0.25) is 0 Å². The van der Waals surface area contributed by atoms with Gasteiger partial charge in [-0.1, -0.05) is 73.2 Å². The Hall–Kier alpha value is -3.07. The van der Waals surface area contributed by atoms with Gasteiger partial charge in [-0.25, -0.2) is 0 Å². The van der Waals surface area contributed by atoms with Crippen LogP contribution >= 0.6 is 0 Å². The van der Waals surface area contributed by atoms with Gasteiger partial charge in [0, 0.05) is 0 Å². The number of fused-ring (bicyclic) bond motifs is 1. The number of hydrogen-bond acceptors (Lipinski definition) is 2. The van der Waals surface area contributed by atoms with E-state index in [1.807, 2.05) is 31.2 Å². The zero-order valence-corrected chi connectivity index (χ0v) is 18.4. The number of carbonyl (C=O) groups is 1. The number of amides is 1. The lowest BCUT2D eigenvalue weighted by molar-refractivity contribution is -0.128. The standard InChI is InChI=1S/C28H31NO2/c1-3-26(31-25-18-17-21-9-7-8-12-24(21)19-25)28(30)29-27(22-10-5-4-6-11-22)23-15-13-20(2)14-16-23/h4-6,10-11,13-19,26-27H,3,7-9,12H2,1-2H3,(H,29,30). The first-order valence-corrected chi connectivity index (χ1v) is 11.3. The SMILES string of the molecule is CCC(Oc1ccc2c(c1)CCCC2)C(=O)NC(c1ccccc1)c1ccc(C)cc1. The molecule has 0 fully saturated rings. The maximum absolute atomic E-state index is 13.3. The van der Waals surface area contributed by atoms with E-state index in [2.05, 4.69) is 60.8 Å². The van der Waals surface area contributed by atoms with Gasteiger partial charge in [0.05, 0.1) is 6.04 Å². The van der Waals surface area contributed by atoms with Crippen molar-refractivity contribution in [3.63, 3.8) is 0 Å². The summed E-state index contributed by atoms with van der Waals surface area (Å²) in [6.45, 7) is 4.06. The van der Waals surface area contributed by atoms with Crippen molar-refractivity contribution in [1.82, 2.24) is 5.32 Å². The summed E-state index contributed by atoms with van der Waals surface area (Å²) < 4.78 is 6.17. The third kappa shape index (κ3) is 5.16. The highest BCUT2D eigenvalue weighted by atomic mass is 16.5. The Morgan fingerprint density at radius 2 is 1.58 bits per heavy atom. The summed E-state index contributed by atoms with van der Waals surface area (Å²) in [4.78, 5) is 13.3. The van der Waals surface area contributed by atoms with Crippen LogP contribution in [0.15, 0.2) is 72.8 Å². The molecule has 160 valence electrons. The molecule has 4 rings (SSSR count). The summed E-state index contributed by atoms with van der Waals surface area (Å²) in [6.07, 6.45) is 4.80. The van der Waals surface area contributed by atoms with E-state index in [-0.39, 0.29) is 11.9 Å². The fourth-order valence-corrected chi connectivity index (χ4v) is 4.27. The maximum atomic E-state index is 13.3. The summed E-state index contributed by atoms with van der Waals surface area (Å²) in [5.41, 5.74) is 6.10. The van der Waals surface area contributed by atoms with Crippen LogP contribution < -0.4 is 10.1 Å². The Labute approximate surface area is 185 Å². The van der Waals surface area contributed by atoms with E-state index in [4.69, 9.17) is 4.74 Å². The van der Waals surface area contributed by atoms with Crippen LogP contribution in [0, 0.1) is 6.92 Å². The number of benzene rings is 3. The van der Waals surface area contributed by atoms with Crippen LogP contribution in [0.25, 0.3) is 0 Å². The molecule has 0 saturated heterocycles. The third-order valence-corrected chi connectivity index (χ3v) is 6.09. The molecule has 3 nitrogen and oxygen atoms in total. The summed E-state index contributed by atoms with van der Waals surface area (Å²) >= 11 is 0. The predicted molar refractivity (Wildman–Crippen MR) is 125 cm³/mol. The van der Waals surface area contributed by atoms with E-state index < -0.39 is 6.10 Å². The largest absolute Gasteiger partial charge is 0.481 e. The lowest BCUT2D eigenvalue weighted by atomic mass is 9.92. The smallest absolute Gasteiger partial charge is 0.261 e. The minimum atomic E-state index is -0.529. The number of nitrogens with one attached hydrogen (secondary N) is 1. The molecule has 0 heterocycles. The van der Waals surface area contributed by atoms with Gasteiger partial charge in [-0.15, -0.1) is 0 Å². The zero-order chi connectivity index (χ0) is 21.6. The van der Waals surface area contributed by atoms with Gasteiger partial charge in [-0.3, -0.25) is 4.79 Å². The molecule has 2 atom stereocenters. The van der Waals surface area contributed by atoms with Gasteiger partial charge in [0.2, 0.25) is 0 Å². The number of rotatable bonds is 7. The van der Waals surface area contributed by atoms with Crippen molar-refractivity contribution in [2.75, 3.05) is 0 Å². The lowest BCUT2D eigenvalue weighted by Crippen LogP contribution is -2.40. The number of ether oxygens (including phenoxy) is 1. The molecular weight excluding hydrogens is 382 g/mol. The Bertz CT molecular complexity index is 1010. The van der Waals surface area contributed by atoms with Gasteiger partial charge in [-0.2, -0.15) is 0 Å². The van der Waals surface area contributed by atoms with E-state index in [1.54, 1.807) is 0 Å². The molecule has 2 unspecified atom stereocenters. The van der Waals surface area contributed by atoms with Crippen molar-refractivity contribution in [3.05, 3.63) is 101 Å². The first-order chi connectivity index (χ1) is 15.1. The second-order valence-corrected chi connectivity index (χ2v) is 8.42. The molecule has 3 aromatic carbocycles. The first-order valence-electron chi connectivity index (χ1n) is 11.3. The molecule has 1 aliphatic rings. The molecule has 31 heavy (non-hydrogen) atoms. The van der Waals surface area contributed by atoms with Crippen LogP contribution in [-0.2, 0) is 17.6 Å². The molecule has 1 amide bonds. The molecule has 0 saturated carbocycles. The van der Waals surface area contributed by atoms with Crippen LogP contribution in [-0.4, -0.2) is 12.0 Å². The fourth-order valence-electron chi connectivity index (χ4n) is 4.27. The quantitative estimate of drug-likeness (QED) is 0.521. The van der Waals surface area contributed by atoms with Gasteiger partial charge >= 0.3 is 0 Å². The topological polar surface area (TPSA) is 38.3 Å². The van der Waals surface area contributed by atoms with Gasteiger partial charge in [0.1, 0.15) is 5.75 Å². The third-order valence-electron chi connectivity index (χ3n) is 6.09. The van der Waals surface area contributed by atoms with E-state index in [0.29, 0.717) is 6.42 Å². The van der Waals surface area contributed by atoms with Crippen LogP contribution in [0.1, 0.15) is 60.0 Å². The molecular formula is C28H31NO2. The monoisotopic (exact) mass is 413 g/mol. The van der Waals surface area contributed by atoms with Crippen LogP contribution in [0.4, 0.5) is 0 Å². The minimum Gasteiger partial charge on any atom is -0.481 e. The average molecular weight is 414 g/mol. The molecule has 3 aromatic rings. The molecule has 0 radical (unpaired) electrons. The molecule has 0 aromatic heterocycles. The van der Waals surface area contributed by atoms with Crippen molar-refractivity contribution in [2.45, 2.75) is 58.1 Å². The van der Waals surface area contributed by atoms with Crippen LogP contribution in [0.3, 0.4) is 0 Å². The Morgan fingerprint density at radius 3 is 2.29 bits per heavy atom. The molecule has 0 aliphatic heterocycles. The van der Waals surface area contributed by atoms with Gasteiger partial charge in [0.15, 0.2) is 6.10 Å². The van der Waals surface area contributed by atoms with E-state index >= 15 is 0 Å². The Morgan fingerprint density at radius 1 is 0.903 bits per heavy atom. The van der Waals surface area contributed by atoms with Crippen molar-refractivity contribution in [3.8, 4) is 5.75 Å². The number of hydrogen-bond donors (Lipinski definition) is 1. The second-order valence-electron chi connectivity index (χ2n) is 8.42. The Kier molecular flexibility index (Phi) is 6.71. The minimum absolute atomic E-state index is 0.0883. The molecule has 0 bridgehead atoms. The van der Waals surface area contributed by atoms with E-state index in [9.17, 15) is 4.79 Å². The highest BCUT2D eigenvalue weighted by Gasteiger charge is 2.24. The molecule has 1 N–H and O–H groups in total. The summed E-state index contributed by atoms with van der Waals surface area (Å²) in [5, 5.41) is 3.24. The second kappa shape index (κ2) is 9.82. The summed E-state index contributed by atoms with van der Waals surface area (Å²) in [6, 6.07) is 24.5. The van der Waals surface area contributed by atoms with E-state index in [0.717, 1.165) is 29.7 Å². The van der Waals surface area contributed by atoms with Crippen molar-refractivity contribution < 1.29 is 9.53 Å². The predicted octanol–water partition coefficient (Wildman–Crippen LogP) is 5.94. The van der Waals surface area contributed by atoms with Gasteiger partial charge < -0.3 is 10.1 Å². The van der Waals surface area contributed by atoms with Crippen molar-refractivity contribution in [2.24, 2.45) is 0 Å². The summed E-state index contributed by atoms with van der Waals surface area (Å²) in [7, 11) is 0. The fraction of sp³-hybridized carbons (Fsp3) is 0.321. The van der Waals surface area contributed by atoms with Crippen molar-refractivity contribution >= 4 is 5.91 Å². The highest BCUT2D eigenvalue weighted by Crippen LogP contribution is 2.27. The highest BCUT2D eigenvalue weighted by molar-refractivity contribution is 5.82. The first kappa shape index (κ1) is 21.2. The van der Waals surface area contributed by atoms with E-state index in [1.165, 1.54) is 29.5 Å². The summed E-state index contributed by atoms with van der Waals surface area (Å²) in [5.74, 6) is 0.698. The Balaban J connectivity index is 1.53. The molecule has 1 aliphatic carbocycles. The molecule has 3 heteroatoms. The average Bonchev–Trinajstić information content (AvgIpc) is 2.82. The van der Waals surface area contributed by atoms with Gasteiger partial charge in [0.25, 0.3) is 5.91 Å². The van der Waals surface area contributed by atoms with Crippen LogP contribution in [0.5, 0.6) is 5.75 Å². The van der Waals surface area contributed by atoms with Crippen molar-refractivity contribution in [1.29, 1.82) is 0 Å². The zero-order valence-electron chi connectivity index (χ0n) is 18.4. The molecule has 0 spiro atoms. The lowest BCUT2D eigenvalue weighted by Gasteiger charge is -2.24. The van der Waals surface area contributed by atoms with Gasteiger partial charge in [-0.05, 0) is 73.4 Å². The normalized spacial score (nSPS) is 14.9. The number of aryl methyl sites for hydroxylation is 3.